The normalized spacial score (nSPS) is 11.1. The molecule has 4 rings (SSSR count). The van der Waals surface area contributed by atoms with Crippen LogP contribution in [0.3, 0.4) is 0 Å². The number of rotatable bonds is 4. The number of nitrogens with one attached hydrogen (secondary N) is 1. The van der Waals surface area contributed by atoms with Gasteiger partial charge in [0.2, 0.25) is 0 Å². The van der Waals surface area contributed by atoms with E-state index < -0.39 is 28.9 Å². The number of halogens is 2. The third kappa shape index (κ3) is 3.34. The third-order valence-electron chi connectivity index (χ3n) is 4.76. The van der Waals surface area contributed by atoms with Gasteiger partial charge in [-0.3, -0.25) is 14.3 Å². The van der Waals surface area contributed by atoms with Gasteiger partial charge in [0.05, 0.1) is 23.6 Å². The summed E-state index contributed by atoms with van der Waals surface area (Å²) >= 11 is 0. The Kier molecular flexibility index (Phi) is 4.86. The van der Waals surface area contributed by atoms with Gasteiger partial charge in [0, 0.05) is 12.6 Å². The Morgan fingerprint density at radius 1 is 1.17 bits per heavy atom. The van der Waals surface area contributed by atoms with Crippen LogP contribution in [0.25, 0.3) is 22.4 Å². The number of aryl methyl sites for hydroxylation is 2. The van der Waals surface area contributed by atoms with Crippen molar-refractivity contribution in [3.63, 3.8) is 0 Å². The molecule has 1 amide bonds. The molecule has 152 valence electrons. The summed E-state index contributed by atoms with van der Waals surface area (Å²) in [6, 6.07) is 6.74. The molecule has 0 fully saturated rings. The topological polar surface area (TPSA) is 90.0 Å². The quantitative estimate of drug-likeness (QED) is 0.554. The summed E-state index contributed by atoms with van der Waals surface area (Å²) in [5.74, 6) is -3.33. The number of aromatic nitrogens is 3. The Balaban J connectivity index is 1.65. The molecule has 0 saturated carbocycles. The maximum absolute atomic E-state index is 13.8. The summed E-state index contributed by atoms with van der Waals surface area (Å²) in [4.78, 5) is 32.4. The third-order valence-corrected chi connectivity index (χ3v) is 4.76. The molecule has 0 radical (unpaired) electrons. The van der Waals surface area contributed by atoms with Crippen LogP contribution in [0, 0.1) is 11.6 Å². The number of nitrogens with zero attached hydrogens (tertiary/aromatic N) is 3. The molecule has 0 unspecified atom stereocenters. The first-order valence-electron chi connectivity index (χ1n) is 9.09. The summed E-state index contributed by atoms with van der Waals surface area (Å²) in [5, 5.41) is 2.33. The molecule has 0 bridgehead atoms. The maximum Gasteiger partial charge on any atom is 0.419 e. The van der Waals surface area contributed by atoms with Gasteiger partial charge in [0.15, 0.2) is 11.4 Å². The van der Waals surface area contributed by atoms with Crippen LogP contribution in [0.2, 0.25) is 0 Å². The fourth-order valence-electron chi connectivity index (χ4n) is 3.17. The minimum Gasteiger partial charge on any atom is -0.408 e. The van der Waals surface area contributed by atoms with E-state index in [-0.39, 0.29) is 5.82 Å². The highest BCUT2D eigenvalue weighted by Crippen LogP contribution is 2.27. The number of benzene rings is 2. The summed E-state index contributed by atoms with van der Waals surface area (Å²) in [6.07, 6.45) is 3.39. The molecule has 1 N–H and O–H groups in total. The van der Waals surface area contributed by atoms with Gasteiger partial charge in [-0.25, -0.2) is 18.6 Å². The van der Waals surface area contributed by atoms with E-state index in [4.69, 9.17) is 4.42 Å². The highest BCUT2D eigenvalue weighted by Gasteiger charge is 2.18. The van der Waals surface area contributed by atoms with Crippen molar-refractivity contribution in [1.29, 1.82) is 0 Å². The Hall–Kier alpha value is -3.88. The van der Waals surface area contributed by atoms with Crippen LogP contribution in [-0.4, -0.2) is 20.4 Å². The molecule has 30 heavy (non-hydrogen) atoms. The number of carbonyl (C=O) groups excluding carboxylic acids is 1. The summed E-state index contributed by atoms with van der Waals surface area (Å²) in [5.41, 5.74) is 2.55. The van der Waals surface area contributed by atoms with Gasteiger partial charge in [0.25, 0.3) is 5.91 Å². The Bertz CT molecular complexity index is 1310. The van der Waals surface area contributed by atoms with Gasteiger partial charge in [-0.15, -0.1) is 0 Å². The predicted molar refractivity (Wildman–Crippen MR) is 106 cm³/mol. The van der Waals surface area contributed by atoms with Crippen molar-refractivity contribution >= 4 is 22.8 Å². The van der Waals surface area contributed by atoms with Gasteiger partial charge in [-0.1, -0.05) is 13.0 Å². The molecule has 0 spiro atoms. The van der Waals surface area contributed by atoms with Crippen molar-refractivity contribution in [2.75, 3.05) is 5.32 Å². The number of hydrogen-bond donors (Lipinski definition) is 1. The average molecular weight is 410 g/mol. The number of fused-ring (bicyclic) bond motifs is 1. The van der Waals surface area contributed by atoms with E-state index >= 15 is 0 Å². The van der Waals surface area contributed by atoms with E-state index in [2.05, 4.69) is 15.3 Å². The molecule has 2 aromatic heterocycles. The van der Waals surface area contributed by atoms with E-state index in [1.807, 2.05) is 13.0 Å². The summed E-state index contributed by atoms with van der Waals surface area (Å²) in [7, 11) is 1.63. The molecule has 0 aliphatic heterocycles. The fourth-order valence-corrected chi connectivity index (χ4v) is 3.17. The minimum absolute atomic E-state index is 0.0387. The number of oxazole rings is 1. The summed E-state index contributed by atoms with van der Waals surface area (Å²) < 4.78 is 34.2. The van der Waals surface area contributed by atoms with Crippen LogP contribution in [-0.2, 0) is 13.5 Å². The highest BCUT2D eigenvalue weighted by molar-refractivity contribution is 6.04. The van der Waals surface area contributed by atoms with E-state index in [0.29, 0.717) is 23.2 Å². The lowest BCUT2D eigenvalue weighted by Gasteiger charge is -2.09. The Morgan fingerprint density at radius 2 is 1.90 bits per heavy atom. The second-order valence-electron chi connectivity index (χ2n) is 6.60. The lowest BCUT2D eigenvalue weighted by atomic mass is 10.0. The Labute approximate surface area is 169 Å². The van der Waals surface area contributed by atoms with E-state index in [9.17, 15) is 18.4 Å². The largest absolute Gasteiger partial charge is 0.419 e. The molecule has 9 heteroatoms. The number of hydrogen-bond acceptors (Lipinski definition) is 5. The smallest absolute Gasteiger partial charge is 0.408 e. The molecule has 2 heterocycles. The van der Waals surface area contributed by atoms with E-state index in [1.54, 1.807) is 13.1 Å². The van der Waals surface area contributed by atoms with Crippen molar-refractivity contribution in [3.8, 4) is 11.3 Å². The summed E-state index contributed by atoms with van der Waals surface area (Å²) in [6.45, 7) is 1.97. The molecule has 0 atom stereocenters. The zero-order valence-electron chi connectivity index (χ0n) is 16.1. The van der Waals surface area contributed by atoms with Gasteiger partial charge >= 0.3 is 5.76 Å². The monoisotopic (exact) mass is 410 g/mol. The second-order valence-corrected chi connectivity index (χ2v) is 6.60. The van der Waals surface area contributed by atoms with Crippen LogP contribution in [0.15, 0.2) is 51.9 Å². The van der Waals surface area contributed by atoms with Crippen molar-refractivity contribution in [2.24, 2.45) is 7.05 Å². The first-order valence-corrected chi connectivity index (χ1v) is 9.09. The molecule has 2 aromatic carbocycles. The number of amides is 1. The molecule has 0 aliphatic rings. The van der Waals surface area contributed by atoms with Crippen LogP contribution in [0.1, 0.15) is 22.8 Å². The maximum atomic E-state index is 13.8. The van der Waals surface area contributed by atoms with Crippen LogP contribution >= 0.6 is 0 Å². The van der Waals surface area contributed by atoms with Gasteiger partial charge in [0.1, 0.15) is 17.2 Å². The van der Waals surface area contributed by atoms with Crippen molar-refractivity contribution in [1.82, 2.24) is 14.5 Å². The lowest BCUT2D eigenvalue weighted by molar-refractivity contribution is 0.101. The molecule has 7 nitrogen and oxygen atoms in total. The number of anilines is 1. The van der Waals surface area contributed by atoms with Crippen LogP contribution < -0.4 is 11.1 Å². The minimum atomic E-state index is -0.970. The first kappa shape index (κ1) is 19.4. The van der Waals surface area contributed by atoms with Crippen molar-refractivity contribution in [2.45, 2.75) is 13.3 Å². The SMILES string of the molecule is CCc1cc2c(cc1-c1cnc(NC(=O)c3c(F)cccc3F)cn1)oc(=O)n2C. The fraction of sp³-hybridized carbons (Fsp3) is 0.143. The lowest BCUT2D eigenvalue weighted by Crippen LogP contribution is -2.16. The average Bonchev–Trinajstić information content (AvgIpc) is 3.00. The standard InChI is InChI=1S/C21H16F2N4O3/c1-3-11-7-16-17(30-21(29)27(16)2)8-12(11)15-9-25-18(10-24-15)26-20(28)19-13(22)5-4-6-14(19)23/h4-10H,3H2,1-2H3,(H,25,26,28). The predicted octanol–water partition coefficient (Wildman–Crippen LogP) is 3.68. The zero-order valence-corrected chi connectivity index (χ0v) is 16.1. The second kappa shape index (κ2) is 7.51. The Morgan fingerprint density at radius 3 is 2.53 bits per heavy atom. The molecule has 0 aliphatic carbocycles. The number of carbonyl (C=O) groups is 1. The van der Waals surface area contributed by atoms with Crippen LogP contribution in [0.5, 0.6) is 0 Å². The zero-order chi connectivity index (χ0) is 21.4. The molecule has 0 saturated heterocycles. The van der Waals surface area contributed by atoms with Crippen molar-refractivity contribution in [3.05, 3.63) is 76.0 Å². The molecular weight excluding hydrogens is 394 g/mol. The van der Waals surface area contributed by atoms with E-state index in [1.165, 1.54) is 23.0 Å². The first-order chi connectivity index (χ1) is 14.4. The van der Waals surface area contributed by atoms with Crippen molar-refractivity contribution < 1.29 is 18.0 Å². The van der Waals surface area contributed by atoms with Gasteiger partial charge in [-0.05, 0) is 36.2 Å². The van der Waals surface area contributed by atoms with E-state index in [0.717, 1.165) is 23.3 Å². The van der Waals surface area contributed by atoms with Crippen LogP contribution in [0.4, 0.5) is 14.6 Å². The molecule has 4 aromatic rings. The molecular formula is C21H16F2N4O3. The van der Waals surface area contributed by atoms with Gasteiger partial charge in [-0.2, -0.15) is 0 Å². The highest BCUT2D eigenvalue weighted by atomic mass is 19.1. The van der Waals surface area contributed by atoms with Gasteiger partial charge < -0.3 is 9.73 Å².